The molecule has 0 aromatic heterocycles. The molecule has 1 amide bonds. The number of carbonyl (C=O) groups excluding carboxylic acids is 1. The lowest BCUT2D eigenvalue weighted by molar-refractivity contribution is -0.120. The van der Waals surface area contributed by atoms with Crippen LogP contribution in [0.4, 0.5) is 0 Å². The summed E-state index contributed by atoms with van der Waals surface area (Å²) in [6.45, 7) is 1.58. The van der Waals surface area contributed by atoms with Crippen molar-refractivity contribution in [1.82, 2.24) is 9.62 Å². The number of hydrogen-bond donors (Lipinski definition) is 1. The van der Waals surface area contributed by atoms with Crippen LogP contribution < -0.4 is 5.32 Å². The molecule has 0 radical (unpaired) electrons. The predicted octanol–water partition coefficient (Wildman–Crippen LogP) is 4.03. The number of nitrogens with zero attached hydrogens (tertiary/aromatic N) is 1. The van der Waals surface area contributed by atoms with Crippen molar-refractivity contribution >= 4 is 43.6 Å². The van der Waals surface area contributed by atoms with E-state index in [9.17, 15) is 13.2 Å². The smallest absolute Gasteiger partial charge is 0.243 e. The van der Waals surface area contributed by atoms with Crippen LogP contribution in [-0.2, 0) is 21.4 Å². The Bertz CT molecular complexity index is 911. The number of nitrogens with one attached hydrogen (secondary N) is 1. The van der Waals surface area contributed by atoms with Crippen LogP contribution in [0.25, 0.3) is 0 Å². The van der Waals surface area contributed by atoms with E-state index in [0.717, 1.165) is 27.8 Å². The van der Waals surface area contributed by atoms with E-state index in [1.165, 1.54) is 4.31 Å². The highest BCUT2D eigenvalue weighted by Crippen LogP contribution is 2.27. The lowest BCUT2D eigenvalue weighted by atomic mass is 10.2. The van der Waals surface area contributed by atoms with Crippen LogP contribution in [0.1, 0.15) is 24.8 Å². The van der Waals surface area contributed by atoms with Crippen molar-refractivity contribution in [3.05, 3.63) is 58.6 Å². The van der Waals surface area contributed by atoms with Crippen molar-refractivity contribution in [2.24, 2.45) is 0 Å². The molecular formula is C20H23BrN2O3S2. The van der Waals surface area contributed by atoms with Gasteiger partial charge in [0.2, 0.25) is 15.9 Å². The number of rotatable bonds is 8. The van der Waals surface area contributed by atoms with Crippen LogP contribution in [0.2, 0.25) is 0 Å². The summed E-state index contributed by atoms with van der Waals surface area (Å²) in [7, 11) is -3.39. The molecule has 150 valence electrons. The van der Waals surface area contributed by atoms with Gasteiger partial charge >= 0.3 is 0 Å². The van der Waals surface area contributed by atoms with Crippen molar-refractivity contribution in [3.8, 4) is 0 Å². The van der Waals surface area contributed by atoms with E-state index in [0.29, 0.717) is 36.7 Å². The van der Waals surface area contributed by atoms with Crippen molar-refractivity contribution < 1.29 is 13.2 Å². The van der Waals surface area contributed by atoms with Crippen LogP contribution >= 0.6 is 27.7 Å². The molecule has 5 nitrogen and oxygen atoms in total. The fourth-order valence-corrected chi connectivity index (χ4v) is 5.99. The zero-order valence-corrected chi connectivity index (χ0v) is 18.7. The first-order valence-electron chi connectivity index (χ1n) is 9.20. The Hall–Kier alpha value is -1.35. The summed E-state index contributed by atoms with van der Waals surface area (Å²) in [5, 5.41) is 2.89. The van der Waals surface area contributed by atoms with Crippen LogP contribution in [0, 0.1) is 0 Å². The predicted molar refractivity (Wildman–Crippen MR) is 116 cm³/mol. The van der Waals surface area contributed by atoms with Crippen LogP contribution in [0.3, 0.4) is 0 Å². The minimum atomic E-state index is -3.39. The number of carbonyl (C=O) groups is 1. The summed E-state index contributed by atoms with van der Waals surface area (Å²) >= 11 is 5.13. The maximum atomic E-state index is 12.5. The van der Waals surface area contributed by atoms with E-state index in [2.05, 4.69) is 21.2 Å². The van der Waals surface area contributed by atoms with E-state index >= 15 is 0 Å². The first kappa shape index (κ1) is 21.4. The van der Waals surface area contributed by atoms with Gasteiger partial charge in [-0.25, -0.2) is 8.42 Å². The second-order valence-corrected chi connectivity index (χ2v) is 10.5. The van der Waals surface area contributed by atoms with Gasteiger partial charge in [-0.15, -0.1) is 11.8 Å². The molecule has 0 saturated carbocycles. The molecule has 8 heteroatoms. The van der Waals surface area contributed by atoms with E-state index in [-0.39, 0.29) is 5.91 Å². The molecule has 1 aliphatic heterocycles. The van der Waals surface area contributed by atoms with Crippen molar-refractivity contribution in [2.75, 3.05) is 18.8 Å². The van der Waals surface area contributed by atoms with Crippen LogP contribution in [0.15, 0.2) is 62.8 Å². The highest BCUT2D eigenvalue weighted by Gasteiger charge is 2.26. The van der Waals surface area contributed by atoms with Gasteiger partial charge in [-0.1, -0.05) is 24.3 Å². The minimum absolute atomic E-state index is 0.0201. The molecule has 0 bridgehead atoms. The number of amides is 1. The summed E-state index contributed by atoms with van der Waals surface area (Å²) in [6, 6.07) is 14.7. The topological polar surface area (TPSA) is 66.5 Å². The van der Waals surface area contributed by atoms with Crippen molar-refractivity contribution in [3.63, 3.8) is 0 Å². The number of hydrogen-bond acceptors (Lipinski definition) is 4. The van der Waals surface area contributed by atoms with E-state index < -0.39 is 10.0 Å². The first-order valence-corrected chi connectivity index (χ1v) is 12.4. The average Bonchev–Trinajstić information content (AvgIpc) is 3.24. The van der Waals surface area contributed by atoms with Crippen molar-refractivity contribution in [1.29, 1.82) is 0 Å². The third kappa shape index (κ3) is 5.59. The highest BCUT2D eigenvalue weighted by atomic mass is 79.9. The Balaban J connectivity index is 1.45. The Morgan fingerprint density at radius 2 is 1.75 bits per heavy atom. The molecule has 1 aliphatic rings. The second-order valence-electron chi connectivity index (χ2n) is 6.56. The van der Waals surface area contributed by atoms with E-state index in [1.54, 1.807) is 36.0 Å². The first-order chi connectivity index (χ1) is 13.5. The molecule has 0 atom stereocenters. The molecule has 1 saturated heterocycles. The van der Waals surface area contributed by atoms with Gasteiger partial charge in [0.15, 0.2) is 0 Å². The average molecular weight is 483 g/mol. The van der Waals surface area contributed by atoms with Gasteiger partial charge in [-0.05, 0) is 58.6 Å². The van der Waals surface area contributed by atoms with Crippen LogP contribution in [-0.4, -0.2) is 37.5 Å². The SMILES string of the molecule is O=C(CCSc1ccccc1Br)NCc1ccc(S(=O)(=O)N2CCCC2)cc1. The molecule has 0 spiro atoms. The highest BCUT2D eigenvalue weighted by molar-refractivity contribution is 9.10. The minimum Gasteiger partial charge on any atom is -0.352 e. The third-order valence-corrected chi connectivity index (χ3v) is 8.48. The summed E-state index contributed by atoms with van der Waals surface area (Å²) in [5.74, 6) is 0.676. The standard InChI is InChI=1S/C20H23BrN2O3S2/c21-18-5-1-2-6-19(18)27-14-11-20(24)22-15-16-7-9-17(10-8-16)28(25,26)23-12-3-4-13-23/h1-2,5-10H,3-4,11-15H2,(H,22,24). The lowest BCUT2D eigenvalue weighted by Gasteiger charge is -2.15. The number of benzene rings is 2. The number of thioether (sulfide) groups is 1. The zero-order valence-electron chi connectivity index (χ0n) is 15.4. The quantitative estimate of drug-likeness (QED) is 0.576. The van der Waals surface area contributed by atoms with Gasteiger partial charge in [-0.3, -0.25) is 4.79 Å². The Morgan fingerprint density at radius 3 is 2.43 bits per heavy atom. The molecule has 2 aromatic carbocycles. The summed E-state index contributed by atoms with van der Waals surface area (Å²) in [5.41, 5.74) is 0.882. The second kappa shape index (κ2) is 9.91. The van der Waals surface area contributed by atoms with Gasteiger partial charge in [0, 0.05) is 41.2 Å². The molecule has 0 aliphatic carbocycles. The summed E-state index contributed by atoms with van der Waals surface area (Å²) < 4.78 is 27.6. The van der Waals surface area contributed by atoms with Gasteiger partial charge < -0.3 is 5.32 Å². The monoisotopic (exact) mass is 482 g/mol. The Kier molecular flexibility index (Phi) is 7.56. The molecule has 3 rings (SSSR count). The van der Waals surface area contributed by atoms with Gasteiger partial charge in [0.1, 0.15) is 0 Å². The van der Waals surface area contributed by atoms with E-state index in [1.807, 2.05) is 24.3 Å². The van der Waals surface area contributed by atoms with Gasteiger partial charge in [0.05, 0.1) is 4.90 Å². The molecule has 28 heavy (non-hydrogen) atoms. The third-order valence-electron chi connectivity index (χ3n) is 4.54. The van der Waals surface area contributed by atoms with Gasteiger partial charge in [-0.2, -0.15) is 4.31 Å². The number of halogens is 1. The largest absolute Gasteiger partial charge is 0.352 e. The fraction of sp³-hybridized carbons (Fsp3) is 0.350. The molecule has 0 unspecified atom stereocenters. The Morgan fingerprint density at radius 1 is 1.07 bits per heavy atom. The maximum absolute atomic E-state index is 12.5. The Labute approximate surface area is 179 Å². The van der Waals surface area contributed by atoms with Crippen molar-refractivity contribution in [2.45, 2.75) is 35.6 Å². The molecule has 2 aromatic rings. The molecular weight excluding hydrogens is 460 g/mol. The fourth-order valence-electron chi connectivity index (χ4n) is 2.96. The number of sulfonamides is 1. The zero-order chi connectivity index (χ0) is 20.0. The normalized spacial score (nSPS) is 14.9. The molecule has 1 N–H and O–H groups in total. The molecule has 1 heterocycles. The molecule has 1 fully saturated rings. The van der Waals surface area contributed by atoms with Gasteiger partial charge in [0.25, 0.3) is 0 Å². The lowest BCUT2D eigenvalue weighted by Crippen LogP contribution is -2.28. The maximum Gasteiger partial charge on any atom is 0.243 e. The van der Waals surface area contributed by atoms with E-state index in [4.69, 9.17) is 0 Å². The summed E-state index contributed by atoms with van der Waals surface area (Å²) in [4.78, 5) is 13.5. The van der Waals surface area contributed by atoms with Crippen LogP contribution in [0.5, 0.6) is 0 Å². The summed E-state index contributed by atoms with van der Waals surface area (Å²) in [6.07, 6.45) is 2.26.